The third kappa shape index (κ3) is 9.55. The van der Waals surface area contributed by atoms with Gasteiger partial charge in [-0.25, -0.2) is 4.79 Å². The largest absolute Gasteiger partial charge is 0.490 e. The van der Waals surface area contributed by atoms with Gasteiger partial charge in [-0.1, -0.05) is 72.8 Å². The smallest absolute Gasteiger partial charge is 0.333 e. The Kier molecular flexibility index (Phi) is 11.0. The fourth-order valence-electron chi connectivity index (χ4n) is 4.18. The van der Waals surface area contributed by atoms with Crippen LogP contribution >= 0.6 is 0 Å². The van der Waals surface area contributed by atoms with Gasteiger partial charge in [0.25, 0.3) is 0 Å². The van der Waals surface area contributed by atoms with Crippen molar-refractivity contribution in [1.82, 2.24) is 0 Å². The fourth-order valence-corrected chi connectivity index (χ4v) is 4.18. The molecular weight excluding hydrogens is 516 g/mol. The topological polar surface area (TPSA) is 74.2 Å². The van der Waals surface area contributed by atoms with Crippen LogP contribution < -0.4 is 14.2 Å². The van der Waals surface area contributed by atoms with E-state index < -0.39 is 12.1 Å². The van der Waals surface area contributed by atoms with E-state index in [1.807, 2.05) is 116 Å². The number of aliphatic carboxylic acids is 1. The second-order valence-electron chi connectivity index (χ2n) is 9.57. The maximum absolute atomic E-state index is 11.4. The van der Waals surface area contributed by atoms with E-state index >= 15 is 0 Å². The highest BCUT2D eigenvalue weighted by molar-refractivity contribution is 5.72. The molecule has 0 amide bonds. The first kappa shape index (κ1) is 29.4. The monoisotopic (exact) mass is 552 g/mol. The molecule has 0 saturated carbocycles. The molecule has 0 saturated heterocycles. The molecule has 4 aromatic carbocycles. The molecular formula is C35H36O6. The van der Waals surface area contributed by atoms with Crippen molar-refractivity contribution < 1.29 is 28.8 Å². The highest BCUT2D eigenvalue weighted by Gasteiger charge is 2.17. The Morgan fingerprint density at radius 3 is 1.80 bits per heavy atom. The van der Waals surface area contributed by atoms with Crippen LogP contribution in [0.15, 0.2) is 109 Å². The minimum atomic E-state index is -0.962. The summed E-state index contributed by atoms with van der Waals surface area (Å²) in [6.07, 6.45) is 1.46. The van der Waals surface area contributed by atoms with Gasteiger partial charge in [-0.2, -0.15) is 0 Å². The molecule has 0 fully saturated rings. The molecule has 0 radical (unpaired) electrons. The maximum atomic E-state index is 11.4. The van der Waals surface area contributed by atoms with Gasteiger partial charge in [0.2, 0.25) is 0 Å². The zero-order valence-electron chi connectivity index (χ0n) is 23.5. The number of carboxylic acid groups (broad SMARTS) is 1. The summed E-state index contributed by atoms with van der Waals surface area (Å²) in [6, 6.07) is 33.5. The molecule has 41 heavy (non-hydrogen) atoms. The minimum Gasteiger partial charge on any atom is -0.490 e. The molecule has 1 N–H and O–H groups in total. The van der Waals surface area contributed by atoms with Gasteiger partial charge in [0.1, 0.15) is 37.1 Å². The Bertz CT molecular complexity index is 1340. The van der Waals surface area contributed by atoms with Gasteiger partial charge >= 0.3 is 5.97 Å². The number of carbonyl (C=O) groups is 1. The Labute approximate surface area is 241 Å². The summed E-state index contributed by atoms with van der Waals surface area (Å²) >= 11 is 0. The van der Waals surface area contributed by atoms with Crippen molar-refractivity contribution in [2.75, 3.05) is 13.2 Å². The van der Waals surface area contributed by atoms with Crippen LogP contribution in [0.5, 0.6) is 17.2 Å². The lowest BCUT2D eigenvalue weighted by atomic mass is 10.1. The molecule has 6 heteroatoms. The van der Waals surface area contributed by atoms with E-state index in [1.54, 1.807) is 6.92 Å². The molecule has 0 heterocycles. The minimum absolute atomic E-state index is 0.305. The van der Waals surface area contributed by atoms with Crippen molar-refractivity contribution in [2.24, 2.45) is 0 Å². The number of hydrogen-bond donors (Lipinski definition) is 1. The second-order valence-corrected chi connectivity index (χ2v) is 9.57. The highest BCUT2D eigenvalue weighted by atomic mass is 16.5. The third-order valence-corrected chi connectivity index (χ3v) is 6.46. The van der Waals surface area contributed by atoms with E-state index in [9.17, 15) is 9.90 Å². The SMILES string of the molecule is CCO[C@@H](Cc1ccc(OC/C=C(/C)c2cc(OCc3ccccc3)cc(OCc3ccccc3)c2)cc1)C(=O)O. The average molecular weight is 553 g/mol. The van der Waals surface area contributed by atoms with Gasteiger partial charge in [0.05, 0.1) is 0 Å². The summed E-state index contributed by atoms with van der Waals surface area (Å²) in [5.74, 6) is 1.19. The van der Waals surface area contributed by atoms with Crippen molar-refractivity contribution in [2.45, 2.75) is 39.6 Å². The molecule has 0 unspecified atom stereocenters. The van der Waals surface area contributed by atoms with Gasteiger partial charge in [-0.3, -0.25) is 0 Å². The molecule has 0 bridgehead atoms. The molecule has 0 aliphatic carbocycles. The standard InChI is InChI=1S/C35H36O6/c1-3-38-34(35(36)37)20-27-14-16-31(17-15-27)39-19-18-26(2)30-21-32(40-24-28-10-6-4-7-11-28)23-33(22-30)41-25-29-12-8-5-9-13-29/h4-18,21-23,34H,3,19-20,24-25H2,1-2H3,(H,36,37)/b26-18-/t34-/m0/s1. The van der Waals surface area contributed by atoms with Crippen LogP contribution in [0.1, 0.15) is 36.1 Å². The Hall–Kier alpha value is -4.55. The molecule has 0 spiro atoms. The number of allylic oxidation sites excluding steroid dienone is 1. The fraction of sp³-hybridized carbons (Fsp3) is 0.229. The van der Waals surface area contributed by atoms with Gasteiger partial charge in [-0.05, 0) is 72.0 Å². The quantitative estimate of drug-likeness (QED) is 0.166. The van der Waals surface area contributed by atoms with Crippen molar-refractivity contribution >= 4 is 11.5 Å². The van der Waals surface area contributed by atoms with Gasteiger partial charge in [0, 0.05) is 19.1 Å². The molecule has 0 aliphatic heterocycles. The molecule has 4 rings (SSSR count). The lowest BCUT2D eigenvalue weighted by Crippen LogP contribution is -2.26. The zero-order valence-corrected chi connectivity index (χ0v) is 23.5. The zero-order chi connectivity index (χ0) is 28.9. The summed E-state index contributed by atoms with van der Waals surface area (Å²) < 4.78 is 23.5. The van der Waals surface area contributed by atoms with Crippen LogP contribution in [0.4, 0.5) is 0 Å². The molecule has 1 atom stereocenters. The van der Waals surface area contributed by atoms with Crippen molar-refractivity contribution in [3.05, 3.63) is 131 Å². The number of hydrogen-bond acceptors (Lipinski definition) is 5. The van der Waals surface area contributed by atoms with Crippen LogP contribution in [0.2, 0.25) is 0 Å². The summed E-state index contributed by atoms with van der Waals surface area (Å²) in [7, 11) is 0. The highest BCUT2D eigenvalue weighted by Crippen LogP contribution is 2.29. The second kappa shape index (κ2) is 15.3. The molecule has 4 aromatic rings. The Balaban J connectivity index is 1.41. The van der Waals surface area contributed by atoms with E-state index in [0.717, 1.165) is 39.3 Å². The maximum Gasteiger partial charge on any atom is 0.333 e. The lowest BCUT2D eigenvalue weighted by molar-refractivity contribution is -0.149. The van der Waals surface area contributed by atoms with Crippen molar-refractivity contribution in [1.29, 1.82) is 0 Å². The Morgan fingerprint density at radius 1 is 0.732 bits per heavy atom. The normalized spacial score (nSPS) is 12.0. The van der Waals surface area contributed by atoms with Crippen LogP contribution in [0.25, 0.3) is 5.57 Å². The molecule has 0 aliphatic rings. The van der Waals surface area contributed by atoms with E-state index in [1.165, 1.54) is 0 Å². The summed E-state index contributed by atoms with van der Waals surface area (Å²) in [6.45, 7) is 5.46. The number of carboxylic acids is 1. The van der Waals surface area contributed by atoms with E-state index in [0.29, 0.717) is 38.6 Å². The van der Waals surface area contributed by atoms with E-state index in [-0.39, 0.29) is 0 Å². The van der Waals surface area contributed by atoms with Crippen LogP contribution in [0, 0.1) is 0 Å². The Morgan fingerprint density at radius 2 is 1.29 bits per heavy atom. The number of ether oxygens (including phenoxy) is 4. The molecule has 0 aromatic heterocycles. The van der Waals surface area contributed by atoms with Crippen LogP contribution in [-0.4, -0.2) is 30.4 Å². The lowest BCUT2D eigenvalue weighted by Gasteiger charge is -2.14. The summed E-state index contributed by atoms with van der Waals surface area (Å²) in [5.41, 5.74) is 5.06. The third-order valence-electron chi connectivity index (χ3n) is 6.46. The van der Waals surface area contributed by atoms with Crippen LogP contribution in [-0.2, 0) is 29.2 Å². The predicted octanol–water partition coefficient (Wildman–Crippen LogP) is 7.36. The predicted molar refractivity (Wildman–Crippen MR) is 160 cm³/mol. The molecule has 212 valence electrons. The first-order valence-electron chi connectivity index (χ1n) is 13.7. The van der Waals surface area contributed by atoms with Gasteiger partial charge in [0.15, 0.2) is 6.10 Å². The van der Waals surface area contributed by atoms with Gasteiger partial charge < -0.3 is 24.1 Å². The number of benzene rings is 4. The average Bonchev–Trinajstić information content (AvgIpc) is 3.00. The van der Waals surface area contributed by atoms with Gasteiger partial charge in [-0.15, -0.1) is 0 Å². The van der Waals surface area contributed by atoms with E-state index in [4.69, 9.17) is 18.9 Å². The van der Waals surface area contributed by atoms with Crippen molar-refractivity contribution in [3.63, 3.8) is 0 Å². The van der Waals surface area contributed by atoms with Crippen molar-refractivity contribution in [3.8, 4) is 17.2 Å². The van der Waals surface area contributed by atoms with E-state index in [2.05, 4.69) is 0 Å². The first-order chi connectivity index (χ1) is 20.0. The summed E-state index contributed by atoms with van der Waals surface area (Å²) in [5, 5.41) is 9.31. The van der Waals surface area contributed by atoms with Crippen LogP contribution in [0.3, 0.4) is 0 Å². The first-order valence-corrected chi connectivity index (χ1v) is 13.7. The molecule has 6 nitrogen and oxygen atoms in total. The number of rotatable bonds is 15. The summed E-state index contributed by atoms with van der Waals surface area (Å²) in [4.78, 5) is 11.4.